The minimum Gasteiger partial charge on any atom is -0.496 e. The summed E-state index contributed by atoms with van der Waals surface area (Å²) < 4.78 is 21.5. The van der Waals surface area contributed by atoms with Crippen LogP contribution in [-0.2, 0) is 16.3 Å². The van der Waals surface area contributed by atoms with E-state index in [-0.39, 0.29) is 6.03 Å². The lowest BCUT2D eigenvalue weighted by Crippen LogP contribution is -2.49. The Morgan fingerprint density at radius 1 is 1.12 bits per heavy atom. The molecule has 3 aromatic rings. The Morgan fingerprint density at radius 3 is 2.52 bits per heavy atom. The summed E-state index contributed by atoms with van der Waals surface area (Å²) in [6, 6.07) is 16.4. The summed E-state index contributed by atoms with van der Waals surface area (Å²) in [5, 5.41) is 4.10. The van der Waals surface area contributed by atoms with E-state index in [0.29, 0.717) is 18.8 Å². The van der Waals surface area contributed by atoms with Crippen LogP contribution in [0, 0.1) is 0 Å². The van der Waals surface area contributed by atoms with E-state index in [1.807, 2.05) is 18.2 Å². The number of hydrogen-bond donors (Lipinski definition) is 1. The van der Waals surface area contributed by atoms with Gasteiger partial charge in [0.15, 0.2) is 0 Å². The molecule has 1 N–H and O–H groups in total. The van der Waals surface area contributed by atoms with Crippen LogP contribution in [0.5, 0.6) is 5.75 Å². The van der Waals surface area contributed by atoms with Gasteiger partial charge in [-0.3, -0.25) is 4.90 Å². The van der Waals surface area contributed by atoms with Crippen LogP contribution in [0.1, 0.15) is 5.56 Å². The predicted octanol–water partition coefficient (Wildman–Crippen LogP) is 3.02. The van der Waals surface area contributed by atoms with Gasteiger partial charge in [-0.2, -0.15) is 9.78 Å². The van der Waals surface area contributed by atoms with Crippen molar-refractivity contribution in [3.05, 3.63) is 66.5 Å². The number of amides is 1. The maximum absolute atomic E-state index is 12.8. The Bertz CT molecular complexity index is 1220. The largest absolute Gasteiger partial charge is 0.496 e. The first-order valence-corrected chi connectivity index (χ1v) is 12.8. The molecule has 0 aliphatic carbocycles. The second-order valence-electron chi connectivity index (χ2n) is 8.22. The first-order chi connectivity index (χ1) is 15.8. The van der Waals surface area contributed by atoms with Crippen molar-refractivity contribution < 1.29 is 13.7 Å². The molecule has 2 heterocycles. The molecule has 1 aliphatic rings. The van der Waals surface area contributed by atoms with Crippen LogP contribution in [-0.4, -0.2) is 75.2 Å². The average molecular weight is 468 g/mol. The summed E-state index contributed by atoms with van der Waals surface area (Å²) >= 11 is 0. The minimum absolute atomic E-state index is 0.195. The summed E-state index contributed by atoms with van der Waals surface area (Å²) in [5.74, 6) is 4.42. The third-order valence-corrected chi connectivity index (χ3v) is 6.21. The number of nitrogens with one attached hydrogen (secondary N) is 1. The van der Waals surface area contributed by atoms with Crippen LogP contribution in [0.15, 0.2) is 60.9 Å². The molecule has 1 fully saturated rings. The van der Waals surface area contributed by atoms with Gasteiger partial charge in [0.2, 0.25) is 0 Å². The fourth-order valence-corrected chi connectivity index (χ4v) is 4.50. The maximum Gasteiger partial charge on any atom is 0.344 e. The summed E-state index contributed by atoms with van der Waals surface area (Å²) in [4.78, 5) is 16.9. The number of anilines is 1. The molecule has 0 radical (unpaired) electrons. The lowest BCUT2D eigenvalue weighted by atomic mass is 10.0. The fourth-order valence-electron chi connectivity index (χ4n) is 3.90. The lowest BCUT2D eigenvalue weighted by Gasteiger charge is -2.34. The standard InChI is InChI=1S/C24H29N5O3S/c1-32-23-15-20(19-7-5-4-6-8-19)9-10-21(23)17-27-11-13-28(14-12-27)24(30)29-18-22(16-25-29)26-33(2,3)31/h4-10,15-16,18H,2,11-14,17H2,1,3H3,(H,26,31). The quantitative estimate of drug-likeness (QED) is 0.564. The van der Waals surface area contributed by atoms with Gasteiger partial charge in [0.1, 0.15) is 5.75 Å². The molecule has 1 aromatic heterocycles. The Balaban J connectivity index is 1.36. The zero-order valence-electron chi connectivity index (χ0n) is 18.9. The van der Waals surface area contributed by atoms with E-state index >= 15 is 0 Å². The van der Waals surface area contributed by atoms with Crippen molar-refractivity contribution >= 4 is 27.3 Å². The van der Waals surface area contributed by atoms with E-state index in [9.17, 15) is 9.00 Å². The zero-order chi connectivity index (χ0) is 23.4. The Kier molecular flexibility index (Phi) is 6.71. The monoisotopic (exact) mass is 467 g/mol. The topological polar surface area (TPSA) is 79.7 Å². The van der Waals surface area contributed by atoms with Crippen molar-refractivity contribution in [1.29, 1.82) is 0 Å². The van der Waals surface area contributed by atoms with Crippen LogP contribution < -0.4 is 9.46 Å². The van der Waals surface area contributed by atoms with E-state index in [1.165, 1.54) is 17.1 Å². The number of hydrogen-bond acceptors (Lipinski definition) is 5. The maximum atomic E-state index is 12.8. The Labute approximate surface area is 194 Å². The highest BCUT2D eigenvalue weighted by Crippen LogP contribution is 2.28. The van der Waals surface area contributed by atoms with Crippen molar-refractivity contribution in [2.75, 3.05) is 44.3 Å². The molecule has 33 heavy (non-hydrogen) atoms. The van der Waals surface area contributed by atoms with Crippen molar-refractivity contribution in [2.24, 2.45) is 0 Å². The number of nitrogens with zero attached hydrogens (tertiary/aromatic N) is 4. The highest BCUT2D eigenvalue weighted by molar-refractivity contribution is 8.00. The molecule has 1 amide bonds. The van der Waals surface area contributed by atoms with E-state index in [4.69, 9.17) is 4.74 Å². The number of benzene rings is 2. The molecule has 174 valence electrons. The van der Waals surface area contributed by atoms with Crippen molar-refractivity contribution in [3.8, 4) is 16.9 Å². The summed E-state index contributed by atoms with van der Waals surface area (Å²) in [6.45, 7) is 3.47. The summed E-state index contributed by atoms with van der Waals surface area (Å²) in [5.41, 5.74) is 3.91. The second kappa shape index (κ2) is 9.68. The van der Waals surface area contributed by atoms with E-state index in [2.05, 4.69) is 50.9 Å². The molecule has 1 aliphatic heterocycles. The van der Waals surface area contributed by atoms with Gasteiger partial charge in [-0.05, 0) is 23.1 Å². The van der Waals surface area contributed by atoms with E-state index in [0.717, 1.165) is 42.1 Å². The van der Waals surface area contributed by atoms with Crippen LogP contribution in [0.4, 0.5) is 10.5 Å². The molecule has 4 rings (SSSR count). The van der Waals surface area contributed by atoms with Gasteiger partial charge < -0.3 is 14.4 Å². The zero-order valence-corrected chi connectivity index (χ0v) is 19.8. The number of ether oxygens (including phenoxy) is 1. The fraction of sp³-hybridized carbons (Fsp3) is 0.292. The highest BCUT2D eigenvalue weighted by Gasteiger charge is 2.23. The molecule has 8 nitrogen and oxygen atoms in total. The number of piperazine rings is 1. The van der Waals surface area contributed by atoms with Crippen molar-refractivity contribution in [3.63, 3.8) is 0 Å². The van der Waals surface area contributed by atoms with Gasteiger partial charge in [0.25, 0.3) is 0 Å². The SMILES string of the molecule is C=S(C)(=O)Nc1cnn(C(=O)N2CCN(Cc3ccc(-c4ccccc4)cc3OC)CC2)c1. The normalized spacial score (nSPS) is 16.2. The van der Waals surface area contributed by atoms with E-state index in [1.54, 1.807) is 18.2 Å². The molecule has 1 unspecified atom stereocenters. The third-order valence-electron chi connectivity index (χ3n) is 5.54. The number of aromatic nitrogens is 2. The second-order valence-corrected chi connectivity index (χ2v) is 10.4. The number of rotatable bonds is 6. The first-order valence-electron chi connectivity index (χ1n) is 10.7. The molecule has 0 bridgehead atoms. The van der Waals surface area contributed by atoms with Gasteiger partial charge in [-0.15, -0.1) is 0 Å². The number of carbonyl (C=O) groups is 1. The lowest BCUT2D eigenvalue weighted by molar-refractivity contribution is 0.134. The van der Waals surface area contributed by atoms with Crippen LogP contribution in [0.2, 0.25) is 0 Å². The van der Waals surface area contributed by atoms with Gasteiger partial charge >= 0.3 is 6.03 Å². The molecule has 1 atom stereocenters. The predicted molar refractivity (Wildman–Crippen MR) is 133 cm³/mol. The molecular weight excluding hydrogens is 438 g/mol. The van der Waals surface area contributed by atoms with Crippen LogP contribution in [0.3, 0.4) is 0 Å². The molecular formula is C24H29N5O3S. The minimum atomic E-state index is -2.42. The van der Waals surface area contributed by atoms with Crippen LogP contribution in [0.25, 0.3) is 11.1 Å². The van der Waals surface area contributed by atoms with Crippen LogP contribution >= 0.6 is 0 Å². The van der Waals surface area contributed by atoms with E-state index < -0.39 is 9.71 Å². The summed E-state index contributed by atoms with van der Waals surface area (Å²) in [6.07, 6.45) is 4.52. The number of methoxy groups -OCH3 is 1. The molecule has 9 heteroatoms. The molecule has 2 aromatic carbocycles. The van der Waals surface area contributed by atoms with Gasteiger partial charge in [0.05, 0.1) is 25.2 Å². The molecule has 1 saturated heterocycles. The van der Waals surface area contributed by atoms with Crippen molar-refractivity contribution in [2.45, 2.75) is 6.54 Å². The Hall–Kier alpha value is -3.30. The first kappa shape index (κ1) is 22.9. The van der Waals surface area contributed by atoms with Crippen molar-refractivity contribution in [1.82, 2.24) is 19.6 Å². The summed E-state index contributed by atoms with van der Waals surface area (Å²) in [7, 11) is -0.724. The molecule has 0 saturated carbocycles. The third kappa shape index (κ3) is 5.74. The highest BCUT2D eigenvalue weighted by atomic mass is 32.2. The average Bonchev–Trinajstić information content (AvgIpc) is 3.26. The Morgan fingerprint density at radius 2 is 1.85 bits per heavy atom. The van der Waals surface area contributed by atoms with Gasteiger partial charge in [0, 0.05) is 54.3 Å². The smallest absolute Gasteiger partial charge is 0.344 e. The van der Waals surface area contributed by atoms with Gasteiger partial charge in [-0.25, -0.2) is 9.00 Å². The molecule has 0 spiro atoms. The van der Waals surface area contributed by atoms with Gasteiger partial charge in [-0.1, -0.05) is 42.5 Å². The number of carbonyl (C=O) groups excluding carboxylic acids is 1.